The van der Waals surface area contributed by atoms with E-state index in [2.05, 4.69) is 51.5 Å². The van der Waals surface area contributed by atoms with Gasteiger partial charge in [0.05, 0.1) is 0 Å². The lowest BCUT2D eigenvalue weighted by atomic mass is 10.1. The van der Waals surface area contributed by atoms with Gasteiger partial charge in [-0.05, 0) is 25.7 Å². The Hall–Kier alpha value is -0.660. The fraction of sp³-hybridized carbons (Fsp3) is 0.833. The monoisotopic (exact) mass is 196 g/mol. The van der Waals surface area contributed by atoms with Crippen LogP contribution >= 0.6 is 0 Å². The quantitative estimate of drug-likeness (QED) is 0.603. The van der Waals surface area contributed by atoms with Gasteiger partial charge in [0.25, 0.3) is 0 Å². The number of hydrogen-bond donors (Lipinski definition) is 0. The maximum absolute atomic E-state index is 4.38. The molecule has 0 aromatic rings. The van der Waals surface area contributed by atoms with Crippen molar-refractivity contribution in [2.45, 2.75) is 53.6 Å². The van der Waals surface area contributed by atoms with Gasteiger partial charge in [-0.15, -0.1) is 0 Å². The Balaban J connectivity index is 3.92. The van der Waals surface area contributed by atoms with E-state index < -0.39 is 0 Å². The highest BCUT2D eigenvalue weighted by Crippen LogP contribution is 2.04. The molecule has 0 fully saturated rings. The second-order valence-electron chi connectivity index (χ2n) is 4.57. The maximum atomic E-state index is 4.38. The Morgan fingerprint density at radius 3 is 1.14 bits per heavy atom. The van der Waals surface area contributed by atoms with Crippen molar-refractivity contribution in [3.05, 3.63) is 0 Å². The molecule has 0 N–H and O–H groups in total. The van der Waals surface area contributed by atoms with Gasteiger partial charge < -0.3 is 0 Å². The van der Waals surface area contributed by atoms with Crippen molar-refractivity contribution in [1.29, 1.82) is 0 Å². The van der Waals surface area contributed by atoms with Crippen LogP contribution in [0.4, 0.5) is 0 Å². The topological polar surface area (TPSA) is 24.7 Å². The minimum Gasteiger partial charge on any atom is -0.288 e. The van der Waals surface area contributed by atoms with Crippen LogP contribution in [0.1, 0.15) is 41.5 Å². The van der Waals surface area contributed by atoms with E-state index >= 15 is 0 Å². The van der Waals surface area contributed by atoms with Crippen LogP contribution in [0.3, 0.4) is 0 Å². The summed E-state index contributed by atoms with van der Waals surface area (Å²) in [6.45, 7) is 13.0. The Bertz CT molecular complexity index is 170. The Kier molecular flexibility index (Phi) is 6.43. The third-order valence-electron chi connectivity index (χ3n) is 2.64. The summed E-state index contributed by atoms with van der Waals surface area (Å²) in [5.41, 5.74) is 0. The zero-order valence-electron chi connectivity index (χ0n) is 10.4. The van der Waals surface area contributed by atoms with Crippen LogP contribution in [-0.2, 0) is 0 Å². The van der Waals surface area contributed by atoms with E-state index in [9.17, 15) is 0 Å². The standard InChI is InChI=1S/C12H24N2/c1-9(2)11(5)13-7-8-14-12(6)10(3)4/h7-12H,1-6H3/t11-,12-/m1/s1. The molecule has 0 unspecified atom stereocenters. The fourth-order valence-corrected chi connectivity index (χ4v) is 0.693. The molecule has 0 saturated heterocycles. The first-order valence-corrected chi connectivity index (χ1v) is 5.50. The summed E-state index contributed by atoms with van der Waals surface area (Å²) in [5, 5.41) is 0. The molecule has 0 aromatic carbocycles. The first-order chi connectivity index (χ1) is 6.45. The first-order valence-electron chi connectivity index (χ1n) is 5.50. The Morgan fingerprint density at radius 1 is 0.643 bits per heavy atom. The molecule has 0 aliphatic carbocycles. The minimum absolute atomic E-state index is 0.385. The van der Waals surface area contributed by atoms with Crippen LogP contribution in [0.25, 0.3) is 0 Å². The molecule has 2 nitrogen and oxygen atoms in total. The number of nitrogens with zero attached hydrogens (tertiary/aromatic N) is 2. The van der Waals surface area contributed by atoms with Crippen LogP contribution in [0, 0.1) is 11.8 Å². The molecule has 2 atom stereocenters. The van der Waals surface area contributed by atoms with Crippen molar-refractivity contribution in [3.63, 3.8) is 0 Å². The summed E-state index contributed by atoms with van der Waals surface area (Å²) in [6, 6.07) is 0.770. The average Bonchev–Trinajstić information content (AvgIpc) is 2.11. The highest BCUT2D eigenvalue weighted by molar-refractivity contribution is 6.16. The van der Waals surface area contributed by atoms with Crippen LogP contribution < -0.4 is 0 Å². The fourth-order valence-electron chi connectivity index (χ4n) is 0.693. The highest BCUT2D eigenvalue weighted by Gasteiger charge is 2.03. The summed E-state index contributed by atoms with van der Waals surface area (Å²) >= 11 is 0. The summed E-state index contributed by atoms with van der Waals surface area (Å²) in [4.78, 5) is 8.76. The molecule has 2 heteroatoms. The predicted molar refractivity (Wildman–Crippen MR) is 65.6 cm³/mol. The SMILES string of the molecule is CC(C)[C@@H](C)N=CC=N[C@H](C)C(C)C. The van der Waals surface area contributed by atoms with E-state index in [1.165, 1.54) is 0 Å². The second-order valence-corrected chi connectivity index (χ2v) is 4.57. The van der Waals surface area contributed by atoms with Crippen molar-refractivity contribution < 1.29 is 0 Å². The van der Waals surface area contributed by atoms with E-state index in [1.54, 1.807) is 0 Å². The van der Waals surface area contributed by atoms with Crippen LogP contribution in [0.5, 0.6) is 0 Å². The molecule has 0 saturated carbocycles. The second kappa shape index (κ2) is 6.74. The normalized spacial score (nSPS) is 17.4. The lowest BCUT2D eigenvalue weighted by Crippen LogP contribution is -2.09. The Morgan fingerprint density at radius 2 is 0.929 bits per heavy atom. The largest absolute Gasteiger partial charge is 0.288 e. The third kappa shape index (κ3) is 5.90. The van der Waals surface area contributed by atoms with E-state index in [1.807, 2.05) is 12.4 Å². The van der Waals surface area contributed by atoms with E-state index in [0.29, 0.717) is 23.9 Å². The third-order valence-corrected chi connectivity index (χ3v) is 2.64. The lowest BCUT2D eigenvalue weighted by Gasteiger charge is -2.09. The predicted octanol–water partition coefficient (Wildman–Crippen LogP) is 3.22. The zero-order chi connectivity index (χ0) is 11.1. The molecule has 14 heavy (non-hydrogen) atoms. The van der Waals surface area contributed by atoms with E-state index in [0.717, 1.165) is 0 Å². The van der Waals surface area contributed by atoms with Gasteiger partial charge in [0.15, 0.2) is 0 Å². The highest BCUT2D eigenvalue weighted by atomic mass is 14.8. The van der Waals surface area contributed by atoms with Gasteiger partial charge in [-0.2, -0.15) is 0 Å². The van der Waals surface area contributed by atoms with Gasteiger partial charge in [0, 0.05) is 24.5 Å². The molecule has 0 aromatic heterocycles. The molecule has 0 bridgehead atoms. The van der Waals surface area contributed by atoms with E-state index in [4.69, 9.17) is 0 Å². The molecule has 0 radical (unpaired) electrons. The van der Waals surface area contributed by atoms with Gasteiger partial charge in [-0.1, -0.05) is 27.7 Å². The average molecular weight is 196 g/mol. The Labute approximate surface area is 88.5 Å². The first kappa shape index (κ1) is 13.3. The molecule has 0 spiro atoms. The minimum atomic E-state index is 0.385. The summed E-state index contributed by atoms with van der Waals surface area (Å²) in [5.74, 6) is 1.20. The summed E-state index contributed by atoms with van der Waals surface area (Å²) in [7, 11) is 0. The van der Waals surface area contributed by atoms with Crippen LogP contribution in [0.2, 0.25) is 0 Å². The van der Waals surface area contributed by atoms with Gasteiger partial charge >= 0.3 is 0 Å². The van der Waals surface area contributed by atoms with Crippen molar-refractivity contribution >= 4 is 12.4 Å². The molecular formula is C12H24N2. The number of rotatable bonds is 5. The maximum Gasteiger partial charge on any atom is 0.0494 e. The van der Waals surface area contributed by atoms with Gasteiger partial charge in [0.1, 0.15) is 0 Å². The molecule has 0 aliphatic rings. The van der Waals surface area contributed by atoms with Crippen LogP contribution in [-0.4, -0.2) is 24.5 Å². The van der Waals surface area contributed by atoms with Crippen molar-refractivity contribution in [3.8, 4) is 0 Å². The van der Waals surface area contributed by atoms with Gasteiger partial charge in [-0.25, -0.2) is 0 Å². The van der Waals surface area contributed by atoms with Crippen LogP contribution in [0.15, 0.2) is 9.98 Å². The van der Waals surface area contributed by atoms with Crippen molar-refractivity contribution in [2.75, 3.05) is 0 Å². The van der Waals surface area contributed by atoms with Gasteiger partial charge in [0.2, 0.25) is 0 Å². The molecular weight excluding hydrogens is 172 g/mol. The summed E-state index contributed by atoms with van der Waals surface area (Å²) in [6.07, 6.45) is 3.65. The molecule has 82 valence electrons. The smallest absolute Gasteiger partial charge is 0.0494 e. The summed E-state index contributed by atoms with van der Waals surface area (Å²) < 4.78 is 0. The van der Waals surface area contributed by atoms with E-state index in [-0.39, 0.29) is 0 Å². The molecule has 0 rings (SSSR count). The number of aliphatic imine (C=N–C) groups is 2. The molecule has 0 amide bonds. The molecule has 0 aliphatic heterocycles. The molecule has 0 heterocycles. The number of hydrogen-bond acceptors (Lipinski definition) is 2. The van der Waals surface area contributed by atoms with Crippen molar-refractivity contribution in [2.24, 2.45) is 21.8 Å². The van der Waals surface area contributed by atoms with Gasteiger partial charge in [-0.3, -0.25) is 9.98 Å². The lowest BCUT2D eigenvalue weighted by molar-refractivity contribution is 0.531. The van der Waals surface area contributed by atoms with Crippen molar-refractivity contribution in [1.82, 2.24) is 0 Å². The zero-order valence-corrected chi connectivity index (χ0v) is 10.4.